The van der Waals surface area contributed by atoms with Crippen molar-refractivity contribution in [1.29, 1.82) is 0 Å². The third-order valence-corrected chi connectivity index (χ3v) is 7.01. The number of nitrogens with one attached hydrogen (secondary N) is 4. The highest BCUT2D eigenvalue weighted by atomic mass is 16.6. The lowest BCUT2D eigenvalue weighted by Crippen LogP contribution is -2.47. The number of amides is 4. The number of aliphatic carboxylic acids is 1. The lowest BCUT2D eigenvalue weighted by Gasteiger charge is -2.22. The fourth-order valence-electron chi connectivity index (χ4n) is 5.01. The van der Waals surface area contributed by atoms with Crippen molar-refractivity contribution in [1.82, 2.24) is 21.3 Å². The number of aliphatic imine (C=N–C) groups is 1. The van der Waals surface area contributed by atoms with E-state index in [0.29, 0.717) is 12.8 Å². The largest absolute Gasteiger partial charge is 0.480 e. The molecular weight excluding hydrogens is 634 g/mol. The molecule has 0 heterocycles. The van der Waals surface area contributed by atoms with Gasteiger partial charge in [-0.15, -0.1) is 0 Å². The van der Waals surface area contributed by atoms with Crippen molar-refractivity contribution < 1.29 is 43.3 Å². The smallest absolute Gasteiger partial charge is 0.414 e. The number of guanidine groups is 1. The van der Waals surface area contributed by atoms with Gasteiger partial charge in [0.25, 0.3) is 0 Å². The van der Waals surface area contributed by atoms with E-state index in [1.807, 2.05) is 48.5 Å². The van der Waals surface area contributed by atoms with E-state index in [-0.39, 0.29) is 44.4 Å². The first-order chi connectivity index (χ1) is 23.0. The number of unbranched alkanes of at least 4 members (excludes halogenated alkanes) is 1. The highest BCUT2D eigenvalue weighted by molar-refractivity contribution is 6.01. The first-order valence-electron chi connectivity index (χ1n) is 16.2. The summed E-state index contributed by atoms with van der Waals surface area (Å²) < 4.78 is 15.9. The van der Waals surface area contributed by atoms with Crippen LogP contribution in [0.1, 0.15) is 84.3 Å². The van der Waals surface area contributed by atoms with Crippen LogP contribution in [0.5, 0.6) is 0 Å². The third-order valence-electron chi connectivity index (χ3n) is 7.01. The number of carbonyl (C=O) groups excluding carboxylic acids is 4. The minimum Gasteiger partial charge on any atom is -0.480 e. The SMILES string of the molecule is CC(C)(C)OC(=O)NC(=NCCCCC(NC(=O)CCNC(=O)OCC1c2ccccc2-c2ccccc21)C(=O)O)NC(=O)OC(C)(C)C. The molecule has 1 aliphatic rings. The molecule has 5 N–H and O–H groups in total. The Morgan fingerprint density at radius 3 is 1.84 bits per heavy atom. The molecule has 1 aliphatic carbocycles. The van der Waals surface area contributed by atoms with Crippen LogP contribution in [0.4, 0.5) is 14.4 Å². The van der Waals surface area contributed by atoms with Gasteiger partial charge in [0.05, 0.1) is 0 Å². The van der Waals surface area contributed by atoms with Crippen LogP contribution in [-0.4, -0.2) is 78.2 Å². The molecule has 2 aromatic carbocycles. The summed E-state index contributed by atoms with van der Waals surface area (Å²) in [5.41, 5.74) is 2.81. The Labute approximate surface area is 286 Å². The Kier molecular flexibility index (Phi) is 13.5. The fraction of sp³-hybridized carbons (Fsp3) is 0.486. The van der Waals surface area contributed by atoms with E-state index in [2.05, 4.69) is 26.3 Å². The van der Waals surface area contributed by atoms with Gasteiger partial charge in [0.1, 0.15) is 23.9 Å². The van der Waals surface area contributed by atoms with Crippen molar-refractivity contribution in [3.05, 3.63) is 59.7 Å². The van der Waals surface area contributed by atoms with Gasteiger partial charge in [0.2, 0.25) is 11.9 Å². The van der Waals surface area contributed by atoms with Gasteiger partial charge in [-0.1, -0.05) is 48.5 Å². The van der Waals surface area contributed by atoms with Crippen molar-refractivity contribution in [2.24, 2.45) is 4.99 Å². The van der Waals surface area contributed by atoms with E-state index >= 15 is 0 Å². The Morgan fingerprint density at radius 1 is 0.796 bits per heavy atom. The molecule has 14 nitrogen and oxygen atoms in total. The zero-order chi connectivity index (χ0) is 36.2. The van der Waals surface area contributed by atoms with Crippen molar-refractivity contribution in [3.63, 3.8) is 0 Å². The van der Waals surface area contributed by atoms with Crippen LogP contribution in [0.25, 0.3) is 11.1 Å². The number of fused-ring (bicyclic) bond motifs is 3. The summed E-state index contributed by atoms with van der Waals surface area (Å²) in [6.07, 6.45) is -1.65. The Balaban J connectivity index is 1.41. The number of hydrogen-bond donors (Lipinski definition) is 5. The summed E-state index contributed by atoms with van der Waals surface area (Å²) in [6.45, 7) is 10.3. The number of rotatable bonds is 12. The van der Waals surface area contributed by atoms with Crippen LogP contribution in [0, 0.1) is 0 Å². The van der Waals surface area contributed by atoms with Crippen LogP contribution < -0.4 is 21.3 Å². The number of carbonyl (C=O) groups is 5. The number of nitrogens with zero attached hydrogens (tertiary/aromatic N) is 1. The first-order valence-corrected chi connectivity index (χ1v) is 16.2. The molecular formula is C35H47N5O9. The van der Waals surface area contributed by atoms with Gasteiger partial charge in [-0.3, -0.25) is 20.4 Å². The number of benzene rings is 2. The molecule has 3 rings (SSSR count). The van der Waals surface area contributed by atoms with Crippen LogP contribution in [0.3, 0.4) is 0 Å². The molecule has 1 unspecified atom stereocenters. The van der Waals surface area contributed by atoms with Crippen molar-refractivity contribution in [2.75, 3.05) is 19.7 Å². The minimum absolute atomic E-state index is 0.0400. The van der Waals surface area contributed by atoms with Gasteiger partial charge >= 0.3 is 24.2 Å². The van der Waals surface area contributed by atoms with E-state index < -0.39 is 47.4 Å². The normalized spacial score (nSPS) is 12.8. The molecule has 0 saturated heterocycles. The van der Waals surface area contributed by atoms with E-state index in [0.717, 1.165) is 22.3 Å². The summed E-state index contributed by atoms with van der Waals surface area (Å²) in [6, 6.07) is 14.8. The predicted octanol–water partition coefficient (Wildman–Crippen LogP) is 5.06. The standard InChI is InChI=1S/C35H47N5O9/c1-34(2,3)48-32(45)39-30(40-33(46)49-35(4,5)6)36-19-12-11-17-27(29(42)43)38-28(41)18-20-37-31(44)47-21-26-24-15-9-7-13-22(24)23-14-8-10-16-25(23)26/h7-10,13-16,26-27H,11-12,17-21H2,1-6H3,(H,37,44)(H,38,41)(H,42,43)(H2,36,39,40,45,46). The second kappa shape index (κ2) is 17.3. The van der Waals surface area contributed by atoms with Crippen LogP contribution in [0.15, 0.2) is 53.5 Å². The molecule has 0 spiro atoms. The summed E-state index contributed by atoms with van der Waals surface area (Å²) in [4.78, 5) is 65.3. The summed E-state index contributed by atoms with van der Waals surface area (Å²) in [5, 5.41) is 19.4. The molecule has 0 aliphatic heterocycles. The summed E-state index contributed by atoms with van der Waals surface area (Å²) in [5.74, 6) is -2.04. The first kappa shape index (κ1) is 38.3. The van der Waals surface area contributed by atoms with Gasteiger partial charge in [-0.05, 0) is 83.1 Å². The lowest BCUT2D eigenvalue weighted by atomic mass is 9.98. The van der Waals surface area contributed by atoms with Gasteiger partial charge in [-0.2, -0.15) is 0 Å². The average molecular weight is 682 g/mol. The molecule has 14 heteroatoms. The zero-order valence-corrected chi connectivity index (χ0v) is 28.9. The Morgan fingerprint density at radius 2 is 1.33 bits per heavy atom. The van der Waals surface area contributed by atoms with Gasteiger partial charge < -0.3 is 30.0 Å². The molecule has 266 valence electrons. The second-order valence-corrected chi connectivity index (χ2v) is 13.4. The average Bonchev–Trinajstić information content (AvgIpc) is 3.30. The molecule has 1 atom stereocenters. The number of alkyl carbamates (subject to hydrolysis) is 3. The molecule has 0 aromatic heterocycles. The number of carboxylic acids is 1. The van der Waals surface area contributed by atoms with Crippen LogP contribution in [-0.2, 0) is 23.8 Å². The van der Waals surface area contributed by atoms with E-state index in [1.165, 1.54) is 0 Å². The number of hydrogen-bond acceptors (Lipinski definition) is 9. The zero-order valence-electron chi connectivity index (χ0n) is 28.9. The number of ether oxygens (including phenoxy) is 3. The third kappa shape index (κ3) is 13.1. The van der Waals surface area contributed by atoms with E-state index in [9.17, 15) is 29.1 Å². The minimum atomic E-state index is -1.21. The monoisotopic (exact) mass is 681 g/mol. The maximum atomic E-state index is 12.5. The molecule has 0 fully saturated rings. The Hall–Kier alpha value is -5.14. The van der Waals surface area contributed by atoms with Gasteiger partial charge in [0, 0.05) is 25.4 Å². The number of carboxylic acid groups (broad SMARTS) is 1. The fourth-order valence-corrected chi connectivity index (χ4v) is 5.01. The second-order valence-electron chi connectivity index (χ2n) is 13.4. The van der Waals surface area contributed by atoms with Crippen molar-refractivity contribution in [3.8, 4) is 11.1 Å². The molecule has 0 bridgehead atoms. The summed E-state index contributed by atoms with van der Waals surface area (Å²) >= 11 is 0. The Bertz CT molecular complexity index is 1450. The molecule has 2 aromatic rings. The predicted molar refractivity (Wildman–Crippen MR) is 182 cm³/mol. The highest BCUT2D eigenvalue weighted by Gasteiger charge is 2.29. The maximum Gasteiger partial charge on any atom is 0.414 e. The quantitative estimate of drug-likeness (QED) is 0.0881. The lowest BCUT2D eigenvalue weighted by molar-refractivity contribution is -0.142. The molecule has 0 saturated carbocycles. The van der Waals surface area contributed by atoms with Crippen molar-refractivity contribution >= 4 is 36.1 Å². The van der Waals surface area contributed by atoms with E-state index in [1.54, 1.807) is 41.5 Å². The van der Waals surface area contributed by atoms with Crippen LogP contribution in [0.2, 0.25) is 0 Å². The highest BCUT2D eigenvalue weighted by Crippen LogP contribution is 2.44. The topological polar surface area (TPSA) is 194 Å². The molecule has 49 heavy (non-hydrogen) atoms. The summed E-state index contributed by atoms with van der Waals surface area (Å²) in [7, 11) is 0. The van der Waals surface area contributed by atoms with Gasteiger partial charge in [0.15, 0.2) is 0 Å². The molecule has 0 radical (unpaired) electrons. The maximum absolute atomic E-state index is 12.5. The van der Waals surface area contributed by atoms with Crippen molar-refractivity contribution in [2.45, 2.75) is 90.4 Å². The van der Waals surface area contributed by atoms with E-state index in [4.69, 9.17) is 14.2 Å². The van der Waals surface area contributed by atoms with Crippen LogP contribution >= 0.6 is 0 Å². The molecule has 4 amide bonds. The van der Waals surface area contributed by atoms with Gasteiger partial charge in [-0.25, -0.2) is 19.2 Å².